The summed E-state index contributed by atoms with van der Waals surface area (Å²) < 4.78 is 5.87. The Kier molecular flexibility index (Phi) is 7.71. The van der Waals surface area contributed by atoms with E-state index in [1.165, 1.54) is 17.5 Å². The number of hydrogen-bond acceptors (Lipinski definition) is 3. The SMILES string of the molecule is CCCc1ccc([C@H]2CC[C@H](OC(=O)[C@H]3CC[C@H](C=CC#N)CC3)CC2)cc1. The molecule has 28 heavy (non-hydrogen) atoms. The fourth-order valence-corrected chi connectivity index (χ4v) is 4.75. The Morgan fingerprint density at radius 2 is 1.75 bits per heavy atom. The summed E-state index contributed by atoms with van der Waals surface area (Å²) in [7, 11) is 0. The first kappa shape index (κ1) is 20.6. The molecule has 2 saturated carbocycles. The highest BCUT2D eigenvalue weighted by Gasteiger charge is 2.30. The van der Waals surface area contributed by atoms with Gasteiger partial charge in [-0.25, -0.2) is 0 Å². The number of hydrogen-bond donors (Lipinski definition) is 0. The molecule has 0 saturated heterocycles. The first-order valence-electron chi connectivity index (χ1n) is 11.0. The van der Waals surface area contributed by atoms with E-state index in [1.807, 2.05) is 6.08 Å². The van der Waals surface area contributed by atoms with Gasteiger partial charge in [0.15, 0.2) is 0 Å². The summed E-state index contributed by atoms with van der Waals surface area (Å²) in [4.78, 5) is 12.5. The van der Waals surface area contributed by atoms with Gasteiger partial charge in [-0.15, -0.1) is 0 Å². The van der Waals surface area contributed by atoms with Crippen molar-refractivity contribution >= 4 is 5.97 Å². The van der Waals surface area contributed by atoms with Gasteiger partial charge in [-0.1, -0.05) is 43.7 Å². The van der Waals surface area contributed by atoms with E-state index in [9.17, 15) is 4.79 Å². The lowest BCUT2D eigenvalue weighted by molar-refractivity contribution is -0.157. The molecule has 2 aliphatic carbocycles. The normalized spacial score (nSPS) is 28.0. The lowest BCUT2D eigenvalue weighted by atomic mass is 9.81. The zero-order chi connectivity index (χ0) is 19.8. The number of rotatable bonds is 6. The fraction of sp³-hybridized carbons (Fsp3) is 0.600. The minimum absolute atomic E-state index is 0.00933. The number of allylic oxidation sites excluding steroid dienone is 2. The molecule has 0 aromatic heterocycles. The van der Waals surface area contributed by atoms with Crippen molar-refractivity contribution in [3.63, 3.8) is 0 Å². The lowest BCUT2D eigenvalue weighted by Gasteiger charge is -2.31. The number of carbonyl (C=O) groups excluding carboxylic acids is 1. The zero-order valence-electron chi connectivity index (χ0n) is 17.1. The molecule has 0 unspecified atom stereocenters. The van der Waals surface area contributed by atoms with Gasteiger partial charge in [-0.2, -0.15) is 5.26 Å². The number of nitriles is 1. The highest BCUT2D eigenvalue weighted by molar-refractivity contribution is 5.72. The second-order valence-electron chi connectivity index (χ2n) is 8.50. The van der Waals surface area contributed by atoms with E-state index in [2.05, 4.69) is 37.3 Å². The number of esters is 1. The summed E-state index contributed by atoms with van der Waals surface area (Å²) in [6.45, 7) is 2.22. The Morgan fingerprint density at radius 1 is 1.07 bits per heavy atom. The summed E-state index contributed by atoms with van der Waals surface area (Å²) in [5.41, 5.74) is 2.86. The maximum atomic E-state index is 12.5. The number of nitrogens with zero attached hydrogens (tertiary/aromatic N) is 1. The Balaban J connectivity index is 1.41. The van der Waals surface area contributed by atoms with Crippen molar-refractivity contribution in [3.8, 4) is 6.07 Å². The summed E-state index contributed by atoms with van der Waals surface area (Å²) in [5.74, 6) is 1.11. The molecule has 3 heteroatoms. The highest BCUT2D eigenvalue weighted by atomic mass is 16.5. The molecule has 0 amide bonds. The van der Waals surface area contributed by atoms with Gasteiger partial charge in [0.25, 0.3) is 0 Å². The molecule has 0 atom stereocenters. The van der Waals surface area contributed by atoms with Gasteiger partial charge in [0.05, 0.1) is 12.0 Å². The maximum absolute atomic E-state index is 12.5. The molecule has 150 valence electrons. The van der Waals surface area contributed by atoms with Gasteiger partial charge in [-0.3, -0.25) is 4.79 Å². The Morgan fingerprint density at radius 3 is 2.36 bits per heavy atom. The predicted octanol–water partition coefficient (Wildman–Crippen LogP) is 6.09. The van der Waals surface area contributed by atoms with E-state index < -0.39 is 0 Å². The minimum Gasteiger partial charge on any atom is -0.462 e. The molecule has 3 nitrogen and oxygen atoms in total. The van der Waals surface area contributed by atoms with Crippen LogP contribution in [0.3, 0.4) is 0 Å². The number of aryl methyl sites for hydroxylation is 1. The average Bonchev–Trinajstić information content (AvgIpc) is 2.74. The molecule has 1 aromatic carbocycles. The molecule has 0 radical (unpaired) electrons. The molecular weight excluding hydrogens is 346 g/mol. The number of ether oxygens (including phenoxy) is 1. The summed E-state index contributed by atoms with van der Waals surface area (Å²) in [6, 6.07) is 11.2. The maximum Gasteiger partial charge on any atom is 0.309 e. The Bertz CT molecular complexity index is 684. The van der Waals surface area contributed by atoms with Gasteiger partial charge < -0.3 is 4.74 Å². The number of benzene rings is 1. The Hall–Kier alpha value is -2.08. The second-order valence-corrected chi connectivity index (χ2v) is 8.50. The minimum atomic E-state index is 0.00933. The summed E-state index contributed by atoms with van der Waals surface area (Å²) in [5, 5.41) is 8.63. The molecule has 0 heterocycles. The van der Waals surface area contributed by atoms with E-state index >= 15 is 0 Å². The molecule has 3 rings (SSSR count). The van der Waals surface area contributed by atoms with Crippen molar-refractivity contribution in [2.45, 2.75) is 83.2 Å². The van der Waals surface area contributed by atoms with Crippen LogP contribution in [0.25, 0.3) is 0 Å². The quantitative estimate of drug-likeness (QED) is 0.443. The average molecular weight is 380 g/mol. The summed E-state index contributed by atoms with van der Waals surface area (Å²) >= 11 is 0. The zero-order valence-corrected chi connectivity index (χ0v) is 17.1. The van der Waals surface area contributed by atoms with Gasteiger partial charge in [-0.05, 0) is 80.8 Å². The fourth-order valence-electron chi connectivity index (χ4n) is 4.75. The third-order valence-electron chi connectivity index (χ3n) is 6.49. The Labute approximate surface area is 169 Å². The van der Waals surface area contributed by atoms with Crippen LogP contribution in [0.4, 0.5) is 0 Å². The van der Waals surface area contributed by atoms with E-state index in [1.54, 1.807) is 6.08 Å². The highest BCUT2D eigenvalue weighted by Crippen LogP contribution is 2.36. The van der Waals surface area contributed by atoms with Crippen molar-refractivity contribution < 1.29 is 9.53 Å². The largest absolute Gasteiger partial charge is 0.462 e. The van der Waals surface area contributed by atoms with Crippen molar-refractivity contribution in [2.24, 2.45) is 11.8 Å². The first-order chi connectivity index (χ1) is 13.7. The monoisotopic (exact) mass is 379 g/mol. The molecule has 0 N–H and O–H groups in total. The van der Waals surface area contributed by atoms with Crippen molar-refractivity contribution in [3.05, 3.63) is 47.5 Å². The molecule has 2 fully saturated rings. The van der Waals surface area contributed by atoms with E-state index in [0.717, 1.165) is 57.8 Å². The topological polar surface area (TPSA) is 50.1 Å². The van der Waals surface area contributed by atoms with Crippen molar-refractivity contribution in [1.82, 2.24) is 0 Å². The molecular formula is C25H33NO2. The van der Waals surface area contributed by atoms with Crippen LogP contribution < -0.4 is 0 Å². The van der Waals surface area contributed by atoms with Crippen LogP contribution in [0.1, 0.15) is 81.8 Å². The molecule has 0 aliphatic heterocycles. The van der Waals surface area contributed by atoms with Crippen LogP contribution >= 0.6 is 0 Å². The molecule has 2 aliphatic rings. The van der Waals surface area contributed by atoms with Gasteiger partial charge in [0.1, 0.15) is 6.10 Å². The standard InChI is InChI=1S/C25H33NO2/c1-2-4-19-6-10-21(11-7-19)22-14-16-24(17-15-22)28-25(27)23-12-8-20(9-13-23)5-3-18-26/h3,5-7,10-11,20,22-24H,2,4,8-9,12-17H2,1H3/t20-,22-,23-,24-. The molecule has 0 spiro atoms. The van der Waals surface area contributed by atoms with E-state index in [4.69, 9.17) is 10.00 Å². The third-order valence-corrected chi connectivity index (χ3v) is 6.49. The van der Waals surface area contributed by atoms with Crippen molar-refractivity contribution in [2.75, 3.05) is 0 Å². The van der Waals surface area contributed by atoms with E-state index in [-0.39, 0.29) is 18.0 Å². The molecule has 0 bridgehead atoms. The van der Waals surface area contributed by atoms with Gasteiger partial charge in [0, 0.05) is 6.08 Å². The molecule has 1 aromatic rings. The van der Waals surface area contributed by atoms with Crippen LogP contribution in [-0.2, 0) is 16.0 Å². The number of carbonyl (C=O) groups is 1. The predicted molar refractivity (Wildman–Crippen MR) is 112 cm³/mol. The van der Waals surface area contributed by atoms with Crippen LogP contribution in [0.15, 0.2) is 36.4 Å². The first-order valence-corrected chi connectivity index (χ1v) is 11.0. The van der Waals surface area contributed by atoms with Crippen LogP contribution in [-0.4, -0.2) is 12.1 Å². The van der Waals surface area contributed by atoms with Gasteiger partial charge in [0.2, 0.25) is 0 Å². The van der Waals surface area contributed by atoms with Crippen molar-refractivity contribution in [1.29, 1.82) is 5.26 Å². The van der Waals surface area contributed by atoms with E-state index in [0.29, 0.717) is 11.8 Å². The van der Waals surface area contributed by atoms with Gasteiger partial charge >= 0.3 is 5.97 Å². The van der Waals surface area contributed by atoms with Crippen LogP contribution in [0, 0.1) is 23.2 Å². The second kappa shape index (κ2) is 10.5. The van der Waals surface area contributed by atoms with Crippen LogP contribution in [0.2, 0.25) is 0 Å². The summed E-state index contributed by atoms with van der Waals surface area (Å²) in [6.07, 6.45) is 13.9. The third kappa shape index (κ3) is 5.71. The van der Waals surface area contributed by atoms with Crippen LogP contribution in [0.5, 0.6) is 0 Å². The lowest BCUT2D eigenvalue weighted by Crippen LogP contribution is -2.29. The smallest absolute Gasteiger partial charge is 0.309 e.